The van der Waals surface area contributed by atoms with Crippen LogP contribution in [-0.2, 0) is 9.84 Å². The van der Waals surface area contributed by atoms with Gasteiger partial charge >= 0.3 is 0 Å². The van der Waals surface area contributed by atoms with Crippen LogP contribution in [0.15, 0.2) is 29.2 Å². The minimum atomic E-state index is -3.14. The Hall–Kier alpha value is -1.07. The topological polar surface area (TPSA) is 57.6 Å². The van der Waals surface area contributed by atoms with E-state index >= 15 is 0 Å². The zero-order valence-corrected chi connectivity index (χ0v) is 12.8. The van der Waals surface area contributed by atoms with Gasteiger partial charge in [-0.2, -0.15) is 0 Å². The molecule has 2 rings (SSSR count). The van der Waals surface area contributed by atoms with Crippen LogP contribution in [0.4, 0.5) is 5.69 Å². The molecule has 0 aliphatic carbocycles. The molecule has 1 fully saturated rings. The van der Waals surface area contributed by atoms with E-state index in [-0.39, 0.29) is 18.4 Å². The molecule has 1 aliphatic rings. The number of anilines is 1. The van der Waals surface area contributed by atoms with Crippen molar-refractivity contribution in [2.24, 2.45) is 0 Å². The van der Waals surface area contributed by atoms with Crippen molar-refractivity contribution in [3.05, 3.63) is 24.3 Å². The number of rotatable bonds is 5. The predicted molar refractivity (Wildman–Crippen MR) is 80.9 cm³/mol. The molecule has 0 amide bonds. The summed E-state index contributed by atoms with van der Waals surface area (Å²) in [6.45, 7) is 2.94. The zero-order valence-electron chi connectivity index (χ0n) is 12.0. The molecule has 20 heavy (non-hydrogen) atoms. The van der Waals surface area contributed by atoms with Crippen molar-refractivity contribution in [3.8, 4) is 0 Å². The van der Waals surface area contributed by atoms with Crippen LogP contribution in [0.3, 0.4) is 0 Å². The molecular formula is C15H23NO3S. The number of sulfone groups is 1. The van der Waals surface area contributed by atoms with Gasteiger partial charge in [-0.3, -0.25) is 0 Å². The number of benzene rings is 1. The largest absolute Gasteiger partial charge is 0.394 e. The second-order valence-electron chi connectivity index (χ2n) is 5.34. The second-order valence-corrected chi connectivity index (χ2v) is 7.45. The van der Waals surface area contributed by atoms with Gasteiger partial charge < -0.3 is 10.0 Å². The zero-order chi connectivity index (χ0) is 14.6. The second kappa shape index (κ2) is 6.59. The van der Waals surface area contributed by atoms with Gasteiger partial charge in [-0.05, 0) is 49.9 Å². The fraction of sp³-hybridized carbons (Fsp3) is 0.600. The molecule has 1 saturated heterocycles. The minimum Gasteiger partial charge on any atom is -0.394 e. The molecule has 1 N–H and O–H groups in total. The monoisotopic (exact) mass is 297 g/mol. The van der Waals surface area contributed by atoms with Gasteiger partial charge in [-0.25, -0.2) is 8.42 Å². The van der Waals surface area contributed by atoms with E-state index < -0.39 is 9.84 Å². The van der Waals surface area contributed by atoms with Crippen molar-refractivity contribution in [1.29, 1.82) is 0 Å². The van der Waals surface area contributed by atoms with Crippen LogP contribution in [0.25, 0.3) is 0 Å². The van der Waals surface area contributed by atoms with Gasteiger partial charge in [0.05, 0.1) is 23.3 Å². The molecule has 1 aromatic rings. The van der Waals surface area contributed by atoms with Crippen LogP contribution >= 0.6 is 0 Å². The van der Waals surface area contributed by atoms with E-state index in [1.807, 2.05) is 19.1 Å². The first-order valence-electron chi connectivity index (χ1n) is 7.29. The van der Waals surface area contributed by atoms with Crippen molar-refractivity contribution in [2.45, 2.75) is 43.5 Å². The van der Waals surface area contributed by atoms with Crippen LogP contribution in [0, 0.1) is 0 Å². The van der Waals surface area contributed by atoms with Gasteiger partial charge in [0.1, 0.15) is 0 Å². The molecule has 1 aliphatic heterocycles. The Bertz CT molecular complexity index is 525. The van der Waals surface area contributed by atoms with Crippen LogP contribution in [0.5, 0.6) is 0 Å². The van der Waals surface area contributed by atoms with Crippen molar-refractivity contribution < 1.29 is 13.5 Å². The third-order valence-corrected chi connectivity index (χ3v) is 5.77. The maximum atomic E-state index is 12.0. The van der Waals surface area contributed by atoms with Crippen molar-refractivity contribution in [2.75, 3.05) is 23.8 Å². The molecule has 5 heteroatoms. The lowest BCUT2D eigenvalue weighted by atomic mass is 10.0. The Morgan fingerprint density at radius 1 is 1.25 bits per heavy atom. The van der Waals surface area contributed by atoms with Gasteiger partial charge in [0, 0.05) is 12.2 Å². The van der Waals surface area contributed by atoms with Gasteiger partial charge in [0.2, 0.25) is 0 Å². The van der Waals surface area contributed by atoms with Crippen LogP contribution in [0.1, 0.15) is 32.6 Å². The summed E-state index contributed by atoms with van der Waals surface area (Å²) in [4.78, 5) is 2.57. The summed E-state index contributed by atoms with van der Waals surface area (Å²) in [5, 5.41) is 9.44. The van der Waals surface area contributed by atoms with Crippen molar-refractivity contribution in [1.82, 2.24) is 0 Å². The van der Waals surface area contributed by atoms with E-state index in [1.165, 1.54) is 0 Å². The van der Waals surface area contributed by atoms with Crippen LogP contribution in [0.2, 0.25) is 0 Å². The quantitative estimate of drug-likeness (QED) is 0.905. The van der Waals surface area contributed by atoms with Gasteiger partial charge in [0.15, 0.2) is 9.84 Å². The molecular weight excluding hydrogens is 274 g/mol. The Morgan fingerprint density at radius 3 is 2.55 bits per heavy atom. The first-order chi connectivity index (χ1) is 9.58. The molecule has 1 aromatic carbocycles. The van der Waals surface area contributed by atoms with E-state index in [4.69, 9.17) is 0 Å². The average Bonchev–Trinajstić information content (AvgIpc) is 2.47. The predicted octanol–water partition coefficient (Wildman–Crippen LogP) is 2.22. The number of hydrogen-bond donors (Lipinski definition) is 1. The van der Waals surface area contributed by atoms with Crippen LogP contribution in [-0.4, -0.2) is 38.5 Å². The van der Waals surface area contributed by atoms with E-state index in [0.717, 1.165) is 31.5 Å². The Morgan fingerprint density at radius 2 is 1.95 bits per heavy atom. The maximum Gasteiger partial charge on any atom is 0.178 e. The Balaban J connectivity index is 2.19. The normalized spacial score (nSPS) is 20.1. The molecule has 1 heterocycles. The third kappa shape index (κ3) is 3.33. The standard InChI is InChI=1S/C15H23NO3S/c1-2-11-20(18,19)15-8-6-13(7-9-15)16-10-4-3-5-14(16)12-17/h6-9,14,17H,2-5,10-12H2,1H3. The first-order valence-corrected chi connectivity index (χ1v) is 8.94. The summed E-state index contributed by atoms with van der Waals surface area (Å²) < 4.78 is 24.0. The highest BCUT2D eigenvalue weighted by molar-refractivity contribution is 7.91. The van der Waals surface area contributed by atoms with Crippen LogP contribution < -0.4 is 4.90 Å². The lowest BCUT2D eigenvalue weighted by Gasteiger charge is -2.36. The highest BCUT2D eigenvalue weighted by atomic mass is 32.2. The van der Waals surface area contributed by atoms with Gasteiger partial charge in [-0.15, -0.1) is 0 Å². The number of piperidine rings is 1. The molecule has 112 valence electrons. The highest BCUT2D eigenvalue weighted by Crippen LogP contribution is 2.26. The van der Waals surface area contributed by atoms with E-state index in [9.17, 15) is 13.5 Å². The molecule has 0 spiro atoms. The van der Waals surface area contributed by atoms with Crippen molar-refractivity contribution in [3.63, 3.8) is 0 Å². The summed E-state index contributed by atoms with van der Waals surface area (Å²) in [6, 6.07) is 7.24. The molecule has 1 atom stereocenters. The maximum absolute atomic E-state index is 12.0. The third-order valence-electron chi connectivity index (χ3n) is 3.84. The molecule has 0 bridgehead atoms. The molecule has 1 unspecified atom stereocenters. The fourth-order valence-corrected chi connectivity index (χ4v) is 4.09. The summed E-state index contributed by atoms with van der Waals surface area (Å²) in [5.74, 6) is 0.190. The average molecular weight is 297 g/mol. The lowest BCUT2D eigenvalue weighted by molar-refractivity contribution is 0.240. The number of aliphatic hydroxyl groups is 1. The summed E-state index contributed by atoms with van der Waals surface area (Å²) in [6.07, 6.45) is 3.88. The highest BCUT2D eigenvalue weighted by Gasteiger charge is 2.22. The lowest BCUT2D eigenvalue weighted by Crippen LogP contribution is -2.41. The molecule has 0 saturated carbocycles. The number of aliphatic hydroxyl groups excluding tert-OH is 1. The summed E-state index contributed by atoms with van der Waals surface area (Å²) >= 11 is 0. The fourth-order valence-electron chi connectivity index (χ4n) is 2.76. The van der Waals surface area contributed by atoms with E-state index in [2.05, 4.69) is 4.90 Å². The van der Waals surface area contributed by atoms with E-state index in [0.29, 0.717) is 11.3 Å². The Kier molecular flexibility index (Phi) is 5.05. The number of nitrogens with zero attached hydrogens (tertiary/aromatic N) is 1. The van der Waals surface area contributed by atoms with Crippen molar-refractivity contribution >= 4 is 15.5 Å². The van der Waals surface area contributed by atoms with Gasteiger partial charge in [-0.1, -0.05) is 6.92 Å². The minimum absolute atomic E-state index is 0.149. The molecule has 0 radical (unpaired) electrons. The molecule has 4 nitrogen and oxygen atoms in total. The Labute approximate surface area is 121 Å². The summed E-state index contributed by atoms with van der Waals surface area (Å²) in [7, 11) is -3.14. The van der Waals surface area contributed by atoms with E-state index in [1.54, 1.807) is 12.1 Å². The summed E-state index contributed by atoms with van der Waals surface area (Å²) in [5.41, 5.74) is 0.999. The van der Waals surface area contributed by atoms with Gasteiger partial charge in [0.25, 0.3) is 0 Å². The number of hydrogen-bond acceptors (Lipinski definition) is 4. The SMILES string of the molecule is CCCS(=O)(=O)c1ccc(N2CCCCC2CO)cc1. The first kappa shape index (κ1) is 15.3. The molecule has 0 aromatic heterocycles. The smallest absolute Gasteiger partial charge is 0.178 e.